The number of nitrogens with one attached hydrogen (secondary N) is 1. The summed E-state index contributed by atoms with van der Waals surface area (Å²) >= 11 is 0. The molecule has 2 saturated heterocycles. The first-order chi connectivity index (χ1) is 20.9. The number of hydrogen-bond acceptors (Lipinski definition) is 7. The molecule has 232 valence electrons. The van der Waals surface area contributed by atoms with E-state index in [0.29, 0.717) is 0 Å². The zero-order valence-corrected chi connectivity index (χ0v) is 22.7. The van der Waals surface area contributed by atoms with Crippen molar-refractivity contribution < 1.29 is 54.9 Å². The number of aromatic nitrogens is 1. The van der Waals surface area contributed by atoms with Gasteiger partial charge in [-0.25, -0.2) is 18.2 Å². The zero-order chi connectivity index (χ0) is 31.8. The van der Waals surface area contributed by atoms with E-state index in [2.05, 4.69) is 15.0 Å². The number of rotatable bonds is 7. The molecule has 1 aromatic heterocycles. The van der Waals surface area contributed by atoms with Gasteiger partial charge in [-0.15, -0.1) is 13.2 Å². The number of amides is 3. The van der Waals surface area contributed by atoms with Gasteiger partial charge in [0.15, 0.2) is 11.6 Å². The van der Waals surface area contributed by atoms with Gasteiger partial charge in [-0.1, -0.05) is 0 Å². The van der Waals surface area contributed by atoms with Gasteiger partial charge in [0.05, 0.1) is 20.3 Å². The molecule has 5 rings (SSSR count). The summed E-state index contributed by atoms with van der Waals surface area (Å²) in [7, 11) is 1.18. The Morgan fingerprint density at radius 3 is 2.27 bits per heavy atom. The van der Waals surface area contributed by atoms with Crippen molar-refractivity contribution in [3.8, 4) is 11.5 Å². The van der Waals surface area contributed by atoms with Crippen molar-refractivity contribution in [1.82, 2.24) is 10.3 Å². The van der Waals surface area contributed by atoms with Gasteiger partial charge < -0.3 is 19.5 Å². The van der Waals surface area contributed by atoms with Gasteiger partial charge >= 0.3 is 6.36 Å². The molecule has 0 aliphatic carbocycles. The number of morpholine rings is 1. The molecule has 10 nitrogen and oxygen atoms in total. The van der Waals surface area contributed by atoms with Gasteiger partial charge in [-0.2, -0.15) is 0 Å². The first-order valence-corrected chi connectivity index (χ1v) is 12.9. The maximum Gasteiger partial charge on any atom is 0.573 e. The van der Waals surface area contributed by atoms with Crippen LogP contribution in [0.2, 0.25) is 0 Å². The Morgan fingerprint density at radius 2 is 1.66 bits per heavy atom. The highest BCUT2D eigenvalue weighted by Gasteiger charge is 2.46. The SMILES string of the molecule is COc1cc(F)c([C@@H]2CN(c3nc(N4CCOCC4=O)ccc3F)C(=O)[C@H]2NC(=O)c2ccc(OC(F)(F)F)cc2)c(F)c1. The summed E-state index contributed by atoms with van der Waals surface area (Å²) in [4.78, 5) is 45.3. The summed E-state index contributed by atoms with van der Waals surface area (Å²) in [5, 5.41) is 2.36. The normalized spacial score (nSPS) is 18.9. The Labute approximate surface area is 245 Å². The van der Waals surface area contributed by atoms with Crippen LogP contribution in [0.15, 0.2) is 48.5 Å². The van der Waals surface area contributed by atoms with E-state index in [1.54, 1.807) is 0 Å². The fourth-order valence-electron chi connectivity index (χ4n) is 4.93. The van der Waals surface area contributed by atoms with Crippen molar-refractivity contribution >= 4 is 29.4 Å². The number of methoxy groups -OCH3 is 1. The van der Waals surface area contributed by atoms with Crippen LogP contribution in [0.1, 0.15) is 21.8 Å². The number of halogens is 6. The number of carbonyl (C=O) groups is 3. The molecule has 0 saturated carbocycles. The predicted octanol–water partition coefficient (Wildman–Crippen LogP) is 3.70. The highest BCUT2D eigenvalue weighted by atomic mass is 19.4. The number of carbonyl (C=O) groups excluding carboxylic acids is 3. The van der Waals surface area contributed by atoms with Crippen LogP contribution in [-0.4, -0.2) is 68.5 Å². The van der Waals surface area contributed by atoms with Gasteiger partial charge in [-0.3, -0.25) is 24.2 Å². The van der Waals surface area contributed by atoms with E-state index in [4.69, 9.17) is 9.47 Å². The largest absolute Gasteiger partial charge is 0.573 e. The van der Waals surface area contributed by atoms with E-state index in [1.165, 1.54) is 18.1 Å². The quantitative estimate of drug-likeness (QED) is 0.400. The van der Waals surface area contributed by atoms with Crippen molar-refractivity contribution in [2.75, 3.05) is 43.2 Å². The molecule has 2 atom stereocenters. The van der Waals surface area contributed by atoms with Gasteiger partial charge in [0, 0.05) is 35.7 Å². The third kappa shape index (κ3) is 6.24. The second kappa shape index (κ2) is 12.0. The Kier molecular flexibility index (Phi) is 8.36. The average molecular weight is 624 g/mol. The summed E-state index contributed by atoms with van der Waals surface area (Å²) in [5.74, 6) is -8.44. The average Bonchev–Trinajstić information content (AvgIpc) is 3.27. The van der Waals surface area contributed by atoms with Crippen LogP contribution in [0, 0.1) is 17.5 Å². The summed E-state index contributed by atoms with van der Waals surface area (Å²) in [6.07, 6.45) is -4.97. The predicted molar refractivity (Wildman–Crippen MR) is 140 cm³/mol. The van der Waals surface area contributed by atoms with Crippen LogP contribution < -0.4 is 24.6 Å². The van der Waals surface area contributed by atoms with Crippen molar-refractivity contribution in [1.29, 1.82) is 0 Å². The van der Waals surface area contributed by atoms with Crippen LogP contribution in [0.4, 0.5) is 38.0 Å². The van der Waals surface area contributed by atoms with Gasteiger partial charge in [0.1, 0.15) is 41.6 Å². The molecule has 2 fully saturated rings. The summed E-state index contributed by atoms with van der Waals surface area (Å²) < 4.78 is 96.9. The lowest BCUT2D eigenvalue weighted by Crippen LogP contribution is -2.44. The monoisotopic (exact) mass is 624 g/mol. The van der Waals surface area contributed by atoms with Crippen molar-refractivity contribution in [3.05, 3.63) is 77.1 Å². The highest BCUT2D eigenvalue weighted by molar-refractivity contribution is 6.05. The maximum atomic E-state index is 15.2. The van der Waals surface area contributed by atoms with Gasteiger partial charge in [0.2, 0.25) is 0 Å². The number of nitrogens with zero attached hydrogens (tertiary/aromatic N) is 3. The summed E-state index contributed by atoms with van der Waals surface area (Å²) in [5.41, 5.74) is -0.821. The second-order valence-corrected chi connectivity index (χ2v) is 9.66. The lowest BCUT2D eigenvalue weighted by Gasteiger charge is -2.27. The molecule has 2 aliphatic heterocycles. The molecule has 2 aliphatic rings. The lowest BCUT2D eigenvalue weighted by atomic mass is 9.92. The van der Waals surface area contributed by atoms with E-state index in [1.807, 2.05) is 0 Å². The Hall–Kier alpha value is -4.86. The number of pyridine rings is 1. The minimum atomic E-state index is -4.97. The van der Waals surface area contributed by atoms with Gasteiger partial charge in [-0.05, 0) is 36.4 Å². The van der Waals surface area contributed by atoms with E-state index < -0.39 is 77.2 Å². The minimum absolute atomic E-state index is 0.00508. The first kappa shape index (κ1) is 30.6. The van der Waals surface area contributed by atoms with Crippen molar-refractivity contribution in [2.24, 2.45) is 0 Å². The molecule has 1 N–H and O–H groups in total. The number of ether oxygens (including phenoxy) is 3. The molecular weight excluding hydrogens is 602 g/mol. The second-order valence-electron chi connectivity index (χ2n) is 9.66. The molecule has 0 radical (unpaired) electrons. The van der Waals surface area contributed by atoms with Crippen LogP contribution >= 0.6 is 0 Å². The van der Waals surface area contributed by atoms with E-state index >= 15 is 13.2 Å². The van der Waals surface area contributed by atoms with Crippen molar-refractivity contribution in [2.45, 2.75) is 18.3 Å². The third-order valence-corrected chi connectivity index (χ3v) is 6.94. The Bertz CT molecular complexity index is 1580. The lowest BCUT2D eigenvalue weighted by molar-refractivity contribution is -0.274. The zero-order valence-electron chi connectivity index (χ0n) is 22.7. The van der Waals surface area contributed by atoms with Crippen molar-refractivity contribution in [3.63, 3.8) is 0 Å². The standard InChI is InChI=1S/C28H22F6N4O6/c1-42-16-10-19(30)23(20(31)11-16)17-12-38(25-18(29)6-7-21(35-25)37-8-9-43-13-22(37)39)27(41)24(17)36-26(40)14-2-4-15(5-3-14)44-28(32,33)34/h2-7,10-11,17,24H,8-9,12-13H2,1H3,(H,36,40)/t17-,24-/m0/s1. The molecule has 0 unspecified atom stereocenters. The first-order valence-electron chi connectivity index (χ1n) is 12.9. The van der Waals surface area contributed by atoms with E-state index in [9.17, 15) is 27.6 Å². The van der Waals surface area contributed by atoms with E-state index in [-0.39, 0.29) is 36.9 Å². The molecular formula is C28H22F6N4O6. The number of benzene rings is 2. The topological polar surface area (TPSA) is 110 Å². The minimum Gasteiger partial charge on any atom is -0.497 e. The fourth-order valence-corrected chi connectivity index (χ4v) is 4.93. The van der Waals surface area contributed by atoms with Crippen LogP contribution in [0.3, 0.4) is 0 Å². The number of hydrogen-bond donors (Lipinski definition) is 1. The molecule has 3 amide bonds. The molecule has 3 heterocycles. The molecule has 2 aromatic carbocycles. The van der Waals surface area contributed by atoms with Crippen LogP contribution in [0.25, 0.3) is 0 Å². The molecule has 0 spiro atoms. The smallest absolute Gasteiger partial charge is 0.497 e. The maximum absolute atomic E-state index is 15.2. The fraction of sp³-hybridized carbons (Fsp3) is 0.286. The molecule has 44 heavy (non-hydrogen) atoms. The highest BCUT2D eigenvalue weighted by Crippen LogP contribution is 2.37. The molecule has 16 heteroatoms. The number of anilines is 2. The van der Waals surface area contributed by atoms with Gasteiger partial charge in [0.25, 0.3) is 17.7 Å². The number of alkyl halides is 3. The van der Waals surface area contributed by atoms with E-state index in [0.717, 1.165) is 47.4 Å². The van der Waals surface area contributed by atoms with Crippen LogP contribution in [0.5, 0.6) is 11.5 Å². The molecule has 0 bridgehead atoms. The Morgan fingerprint density at radius 1 is 0.977 bits per heavy atom. The summed E-state index contributed by atoms with van der Waals surface area (Å²) in [6.45, 7) is -0.515. The van der Waals surface area contributed by atoms with Crippen LogP contribution in [-0.2, 0) is 14.3 Å². The molecule has 3 aromatic rings. The Balaban J connectivity index is 1.50. The third-order valence-electron chi connectivity index (χ3n) is 6.94. The summed E-state index contributed by atoms with van der Waals surface area (Å²) in [6, 6.07) is 5.94.